The van der Waals surface area contributed by atoms with Crippen LogP contribution in [0, 0.1) is 19.7 Å². The van der Waals surface area contributed by atoms with E-state index in [2.05, 4.69) is 46.9 Å². The minimum atomic E-state index is -0.332. The van der Waals surface area contributed by atoms with Crippen LogP contribution in [0.3, 0.4) is 0 Å². The van der Waals surface area contributed by atoms with Crippen LogP contribution in [0.5, 0.6) is 0 Å². The van der Waals surface area contributed by atoms with Gasteiger partial charge in [0.05, 0.1) is 11.2 Å². The Hall–Kier alpha value is -3.05. The molecule has 5 heteroatoms. The summed E-state index contributed by atoms with van der Waals surface area (Å²) < 4.78 is 17.3. The average molecular weight is 446 g/mol. The number of pyridine rings is 1. The van der Waals surface area contributed by atoms with Gasteiger partial charge in [-0.2, -0.15) is 5.10 Å². The predicted molar refractivity (Wildman–Crippen MR) is 119 cm³/mol. The first-order chi connectivity index (χ1) is 14.0. The molecule has 0 spiro atoms. The normalized spacial score (nSPS) is 11.4. The first-order valence-corrected chi connectivity index (χ1v) is 10.1. The second kappa shape index (κ2) is 6.78. The van der Waals surface area contributed by atoms with Gasteiger partial charge in [0.15, 0.2) is 0 Å². The Balaban J connectivity index is 1.92. The van der Waals surface area contributed by atoms with Crippen LogP contribution >= 0.6 is 15.9 Å². The molecule has 0 aliphatic carbocycles. The minimum Gasteiger partial charge on any atom is -0.252 e. The van der Waals surface area contributed by atoms with Gasteiger partial charge >= 0.3 is 0 Å². The highest BCUT2D eigenvalue weighted by atomic mass is 79.9. The average Bonchev–Trinajstić information content (AvgIpc) is 3.10. The molecule has 0 aliphatic heterocycles. The third-order valence-corrected chi connectivity index (χ3v) is 5.81. The third-order valence-electron chi connectivity index (χ3n) is 5.32. The fourth-order valence-corrected chi connectivity index (χ4v) is 4.07. The molecule has 3 aromatic carbocycles. The van der Waals surface area contributed by atoms with Gasteiger partial charge in [-0.1, -0.05) is 46.3 Å². The second-order valence-corrected chi connectivity index (χ2v) is 8.11. The maximum atomic E-state index is 14.4. The van der Waals surface area contributed by atoms with Crippen molar-refractivity contribution in [3.8, 4) is 16.9 Å². The number of nitrogens with zero attached hydrogens (tertiary/aromatic N) is 3. The summed E-state index contributed by atoms with van der Waals surface area (Å²) in [5.41, 5.74) is 6.34. The summed E-state index contributed by atoms with van der Waals surface area (Å²) in [4.78, 5) is 4.42. The molecule has 29 heavy (non-hydrogen) atoms. The molecule has 0 amide bonds. The molecule has 0 radical (unpaired) electrons. The maximum absolute atomic E-state index is 14.4. The number of aromatic nitrogens is 3. The van der Waals surface area contributed by atoms with E-state index in [1.807, 2.05) is 41.1 Å². The molecular weight excluding hydrogens is 429 g/mol. The number of aryl methyl sites for hydroxylation is 2. The quantitative estimate of drug-likeness (QED) is 0.300. The van der Waals surface area contributed by atoms with E-state index in [0.29, 0.717) is 5.52 Å². The monoisotopic (exact) mass is 445 g/mol. The number of halogens is 2. The van der Waals surface area contributed by atoms with Crippen molar-refractivity contribution in [1.29, 1.82) is 0 Å². The van der Waals surface area contributed by atoms with E-state index in [1.54, 1.807) is 12.3 Å². The van der Waals surface area contributed by atoms with Crippen molar-refractivity contribution in [2.45, 2.75) is 13.8 Å². The number of benzene rings is 3. The van der Waals surface area contributed by atoms with Gasteiger partial charge in [0, 0.05) is 27.0 Å². The van der Waals surface area contributed by atoms with E-state index in [4.69, 9.17) is 5.10 Å². The summed E-state index contributed by atoms with van der Waals surface area (Å²) in [6.07, 6.45) is 1.72. The Morgan fingerprint density at radius 1 is 0.897 bits per heavy atom. The van der Waals surface area contributed by atoms with Crippen molar-refractivity contribution >= 4 is 37.7 Å². The number of rotatable bonds is 2. The summed E-state index contributed by atoms with van der Waals surface area (Å²) in [6, 6.07) is 19.3. The molecule has 0 aliphatic rings. The Morgan fingerprint density at radius 2 is 1.72 bits per heavy atom. The standard InChI is InChI=1S/C24H17BrFN3/c1-14-9-10-18(11-15(14)2)29-24-19-7-4-8-21(26)23(19)27-13-20(24)22(28-29)16-5-3-6-17(25)12-16/h3-13H,1-2H3. The van der Waals surface area contributed by atoms with Crippen molar-refractivity contribution in [2.75, 3.05) is 0 Å². The van der Waals surface area contributed by atoms with Crippen molar-refractivity contribution in [3.63, 3.8) is 0 Å². The van der Waals surface area contributed by atoms with Crippen LogP contribution in [0.2, 0.25) is 0 Å². The first kappa shape index (κ1) is 18.0. The van der Waals surface area contributed by atoms with Crippen LogP contribution in [0.15, 0.2) is 71.3 Å². The Bertz CT molecular complexity index is 1400. The van der Waals surface area contributed by atoms with Crippen molar-refractivity contribution < 1.29 is 4.39 Å². The number of hydrogen-bond donors (Lipinski definition) is 0. The summed E-state index contributed by atoms with van der Waals surface area (Å²) >= 11 is 3.54. The van der Waals surface area contributed by atoms with Crippen molar-refractivity contribution in [1.82, 2.24) is 14.8 Å². The molecule has 5 aromatic rings. The number of hydrogen-bond acceptors (Lipinski definition) is 2. The Morgan fingerprint density at radius 3 is 2.52 bits per heavy atom. The first-order valence-electron chi connectivity index (χ1n) is 9.32. The molecule has 2 heterocycles. The van der Waals surface area contributed by atoms with Crippen LogP contribution in [-0.2, 0) is 0 Å². The second-order valence-electron chi connectivity index (χ2n) is 7.20. The van der Waals surface area contributed by atoms with Gasteiger partial charge in [-0.05, 0) is 55.3 Å². The molecule has 0 unspecified atom stereocenters. The highest BCUT2D eigenvalue weighted by molar-refractivity contribution is 9.10. The lowest BCUT2D eigenvalue weighted by molar-refractivity contribution is 0.637. The Kier molecular flexibility index (Phi) is 4.21. The van der Waals surface area contributed by atoms with E-state index in [1.165, 1.54) is 17.2 Å². The van der Waals surface area contributed by atoms with Gasteiger partial charge in [0.2, 0.25) is 0 Å². The van der Waals surface area contributed by atoms with Crippen LogP contribution in [0.4, 0.5) is 4.39 Å². The lowest BCUT2D eigenvalue weighted by atomic mass is 10.1. The summed E-state index contributed by atoms with van der Waals surface area (Å²) in [6.45, 7) is 4.17. The molecule has 0 atom stereocenters. The van der Waals surface area contributed by atoms with Crippen LogP contribution < -0.4 is 0 Å². The highest BCUT2D eigenvalue weighted by Gasteiger charge is 2.18. The summed E-state index contributed by atoms with van der Waals surface area (Å²) in [5.74, 6) is -0.332. The maximum Gasteiger partial charge on any atom is 0.149 e. The molecule has 0 saturated heterocycles. The zero-order valence-electron chi connectivity index (χ0n) is 15.9. The van der Waals surface area contributed by atoms with Crippen LogP contribution in [-0.4, -0.2) is 14.8 Å². The molecule has 5 rings (SSSR count). The molecular formula is C24H17BrFN3. The van der Waals surface area contributed by atoms with Crippen molar-refractivity contribution in [2.24, 2.45) is 0 Å². The number of fused-ring (bicyclic) bond motifs is 3. The SMILES string of the molecule is Cc1ccc(-n2nc(-c3cccc(Br)c3)c3cnc4c(F)cccc4c32)cc1C. The van der Waals surface area contributed by atoms with E-state index in [-0.39, 0.29) is 5.82 Å². The van der Waals surface area contributed by atoms with Gasteiger partial charge in [0.1, 0.15) is 17.0 Å². The smallest absolute Gasteiger partial charge is 0.149 e. The van der Waals surface area contributed by atoms with Gasteiger partial charge in [-0.3, -0.25) is 4.98 Å². The summed E-state index contributed by atoms with van der Waals surface area (Å²) in [7, 11) is 0. The van der Waals surface area contributed by atoms with Gasteiger partial charge in [-0.15, -0.1) is 0 Å². The molecule has 2 aromatic heterocycles. The molecule has 0 fully saturated rings. The topological polar surface area (TPSA) is 30.7 Å². The molecule has 0 saturated carbocycles. The van der Waals surface area contributed by atoms with Gasteiger partial charge in [0.25, 0.3) is 0 Å². The molecule has 0 N–H and O–H groups in total. The van der Waals surface area contributed by atoms with E-state index in [0.717, 1.165) is 37.7 Å². The molecule has 142 valence electrons. The molecule has 0 bridgehead atoms. The Labute approximate surface area is 175 Å². The lowest BCUT2D eigenvalue weighted by Gasteiger charge is -2.08. The molecule has 3 nitrogen and oxygen atoms in total. The predicted octanol–water partition coefficient (Wildman–Crippen LogP) is 6.76. The van der Waals surface area contributed by atoms with Gasteiger partial charge < -0.3 is 0 Å². The highest BCUT2D eigenvalue weighted by Crippen LogP contribution is 2.35. The van der Waals surface area contributed by atoms with Gasteiger partial charge in [-0.25, -0.2) is 9.07 Å². The fraction of sp³-hybridized carbons (Fsp3) is 0.0833. The van der Waals surface area contributed by atoms with Crippen LogP contribution in [0.1, 0.15) is 11.1 Å². The lowest BCUT2D eigenvalue weighted by Crippen LogP contribution is -1.99. The van der Waals surface area contributed by atoms with Crippen LogP contribution in [0.25, 0.3) is 38.8 Å². The largest absolute Gasteiger partial charge is 0.252 e. The third kappa shape index (κ3) is 2.93. The fourth-order valence-electron chi connectivity index (χ4n) is 3.67. The number of para-hydroxylation sites is 1. The minimum absolute atomic E-state index is 0.332. The zero-order valence-corrected chi connectivity index (χ0v) is 17.5. The van der Waals surface area contributed by atoms with E-state index < -0.39 is 0 Å². The van der Waals surface area contributed by atoms with E-state index in [9.17, 15) is 4.39 Å². The van der Waals surface area contributed by atoms with Crippen molar-refractivity contribution in [3.05, 3.63) is 88.3 Å². The van der Waals surface area contributed by atoms with E-state index >= 15 is 0 Å². The zero-order chi connectivity index (χ0) is 20.1. The summed E-state index contributed by atoms with van der Waals surface area (Å²) in [5, 5.41) is 6.59.